The monoisotopic (exact) mass is 317 g/mol. The SMILES string of the molecule is NCCO[Si](CCC1CC=CCC1)(OCCN)OCCN. The molecule has 0 bridgehead atoms. The van der Waals surface area contributed by atoms with E-state index in [2.05, 4.69) is 12.2 Å². The zero-order valence-electron chi connectivity index (χ0n) is 13.0. The van der Waals surface area contributed by atoms with Crippen molar-refractivity contribution >= 4 is 8.80 Å². The van der Waals surface area contributed by atoms with Crippen LogP contribution in [0.2, 0.25) is 6.04 Å². The van der Waals surface area contributed by atoms with Gasteiger partial charge in [0.15, 0.2) is 0 Å². The van der Waals surface area contributed by atoms with E-state index >= 15 is 0 Å². The first kappa shape index (κ1) is 18.8. The van der Waals surface area contributed by atoms with Crippen LogP contribution >= 0.6 is 0 Å². The van der Waals surface area contributed by atoms with Gasteiger partial charge < -0.3 is 30.5 Å². The lowest BCUT2D eigenvalue weighted by Gasteiger charge is -2.31. The van der Waals surface area contributed by atoms with Crippen molar-refractivity contribution in [3.8, 4) is 0 Å². The topological polar surface area (TPSA) is 106 Å². The van der Waals surface area contributed by atoms with E-state index in [-0.39, 0.29) is 0 Å². The second-order valence-corrected chi connectivity index (χ2v) is 8.02. The van der Waals surface area contributed by atoms with Gasteiger partial charge in [-0.15, -0.1) is 0 Å². The van der Waals surface area contributed by atoms with E-state index in [0.717, 1.165) is 25.3 Å². The van der Waals surface area contributed by atoms with Crippen LogP contribution in [0.1, 0.15) is 25.7 Å². The molecule has 0 aromatic heterocycles. The van der Waals surface area contributed by atoms with E-state index in [4.69, 9.17) is 30.5 Å². The molecule has 6 nitrogen and oxygen atoms in total. The predicted molar refractivity (Wildman–Crippen MR) is 86.7 cm³/mol. The molecule has 0 fully saturated rings. The number of allylic oxidation sites excluding steroid dienone is 2. The van der Waals surface area contributed by atoms with E-state index in [0.29, 0.717) is 45.4 Å². The Morgan fingerprint density at radius 3 is 1.90 bits per heavy atom. The average molecular weight is 318 g/mol. The lowest BCUT2D eigenvalue weighted by Crippen LogP contribution is -2.49. The van der Waals surface area contributed by atoms with Gasteiger partial charge in [0.25, 0.3) is 0 Å². The van der Waals surface area contributed by atoms with Crippen molar-refractivity contribution in [2.75, 3.05) is 39.5 Å². The van der Waals surface area contributed by atoms with Gasteiger partial charge in [0.2, 0.25) is 0 Å². The fourth-order valence-corrected chi connectivity index (χ4v) is 5.22. The Hall–Kier alpha value is -0.283. The maximum atomic E-state index is 5.91. The van der Waals surface area contributed by atoms with Crippen molar-refractivity contribution in [2.24, 2.45) is 23.1 Å². The van der Waals surface area contributed by atoms with E-state index < -0.39 is 8.80 Å². The average Bonchev–Trinajstić information content (AvgIpc) is 2.54. The second kappa shape index (κ2) is 11.3. The summed E-state index contributed by atoms with van der Waals surface area (Å²) in [5, 5.41) is 0. The summed E-state index contributed by atoms with van der Waals surface area (Å²) in [5.74, 6) is 0.686. The summed E-state index contributed by atoms with van der Waals surface area (Å²) in [7, 11) is -2.71. The summed E-state index contributed by atoms with van der Waals surface area (Å²) in [4.78, 5) is 0. The molecule has 1 aliphatic carbocycles. The number of nitrogens with two attached hydrogens (primary N) is 3. The first-order valence-corrected chi connectivity index (χ1v) is 9.86. The largest absolute Gasteiger partial charge is 0.501 e. The van der Waals surface area contributed by atoms with Crippen molar-refractivity contribution in [3.63, 3.8) is 0 Å². The first-order valence-electron chi connectivity index (χ1n) is 7.93. The van der Waals surface area contributed by atoms with E-state index in [1.807, 2.05) is 0 Å². The van der Waals surface area contributed by atoms with Gasteiger partial charge >= 0.3 is 8.80 Å². The summed E-state index contributed by atoms with van der Waals surface area (Å²) in [5.41, 5.74) is 16.7. The quantitative estimate of drug-likeness (QED) is 0.359. The molecule has 0 heterocycles. The van der Waals surface area contributed by atoms with E-state index in [1.165, 1.54) is 6.42 Å². The van der Waals surface area contributed by atoms with Crippen LogP contribution < -0.4 is 17.2 Å². The highest BCUT2D eigenvalue weighted by Crippen LogP contribution is 2.27. The molecule has 1 unspecified atom stereocenters. The molecule has 0 saturated heterocycles. The van der Waals surface area contributed by atoms with Gasteiger partial charge in [-0.1, -0.05) is 12.2 Å². The maximum Gasteiger partial charge on any atom is 0.501 e. The van der Waals surface area contributed by atoms with E-state index in [1.54, 1.807) is 0 Å². The minimum Gasteiger partial charge on any atom is -0.372 e. The summed E-state index contributed by atoms with van der Waals surface area (Å²) in [6, 6.07) is 0.811. The lowest BCUT2D eigenvalue weighted by molar-refractivity contribution is 0.0639. The third kappa shape index (κ3) is 7.50. The van der Waals surface area contributed by atoms with Crippen molar-refractivity contribution in [1.82, 2.24) is 0 Å². The Balaban J connectivity index is 2.57. The zero-order valence-corrected chi connectivity index (χ0v) is 14.0. The van der Waals surface area contributed by atoms with Gasteiger partial charge in [0.05, 0.1) is 19.8 Å². The summed E-state index contributed by atoms with van der Waals surface area (Å²) in [6.45, 7) is 2.72. The Bertz CT molecular complexity index is 271. The molecule has 0 spiro atoms. The van der Waals surface area contributed by atoms with Crippen LogP contribution in [0.3, 0.4) is 0 Å². The van der Waals surface area contributed by atoms with Gasteiger partial charge in [0.1, 0.15) is 0 Å². The van der Waals surface area contributed by atoms with Gasteiger partial charge in [-0.2, -0.15) is 0 Å². The van der Waals surface area contributed by atoms with Crippen molar-refractivity contribution in [3.05, 3.63) is 12.2 Å². The number of hydrogen-bond acceptors (Lipinski definition) is 6. The molecule has 0 aliphatic heterocycles. The Labute approximate surface area is 129 Å². The second-order valence-electron chi connectivity index (χ2n) is 5.28. The molecular weight excluding hydrogens is 286 g/mol. The molecule has 0 radical (unpaired) electrons. The molecule has 0 amide bonds. The highest BCUT2D eigenvalue weighted by Gasteiger charge is 2.41. The van der Waals surface area contributed by atoms with Crippen LogP contribution in [0.5, 0.6) is 0 Å². The van der Waals surface area contributed by atoms with Crippen molar-refractivity contribution < 1.29 is 13.3 Å². The molecule has 0 aromatic rings. The minimum absolute atomic E-state index is 0.450. The van der Waals surface area contributed by atoms with Crippen LogP contribution in [0.4, 0.5) is 0 Å². The molecule has 0 saturated carbocycles. The third-order valence-corrected chi connectivity index (χ3v) is 6.39. The van der Waals surface area contributed by atoms with Gasteiger partial charge in [0, 0.05) is 25.7 Å². The smallest absolute Gasteiger partial charge is 0.372 e. The Morgan fingerprint density at radius 1 is 0.905 bits per heavy atom. The zero-order chi connectivity index (χ0) is 15.4. The van der Waals surface area contributed by atoms with Crippen LogP contribution in [0.25, 0.3) is 0 Å². The standard InChI is InChI=1S/C14H31N3O3Si/c15-7-10-18-21(19-11-8-16,20-12-9-17)13-6-14-4-2-1-3-5-14/h1-2,14H,3-13,15-17H2. The number of rotatable bonds is 12. The third-order valence-electron chi connectivity index (χ3n) is 3.56. The van der Waals surface area contributed by atoms with Gasteiger partial charge in [-0.25, -0.2) is 0 Å². The molecule has 21 heavy (non-hydrogen) atoms. The Kier molecular flexibility index (Phi) is 10.1. The van der Waals surface area contributed by atoms with E-state index in [9.17, 15) is 0 Å². The fraction of sp³-hybridized carbons (Fsp3) is 0.857. The first-order chi connectivity index (χ1) is 10.3. The Morgan fingerprint density at radius 2 is 1.48 bits per heavy atom. The number of hydrogen-bond donors (Lipinski definition) is 3. The highest BCUT2D eigenvalue weighted by molar-refractivity contribution is 6.60. The van der Waals surface area contributed by atoms with Crippen LogP contribution in [-0.2, 0) is 13.3 Å². The summed E-state index contributed by atoms with van der Waals surface area (Å²) >= 11 is 0. The maximum absolute atomic E-state index is 5.91. The fourth-order valence-electron chi connectivity index (χ4n) is 2.48. The molecule has 1 atom stereocenters. The van der Waals surface area contributed by atoms with Crippen molar-refractivity contribution in [2.45, 2.75) is 31.7 Å². The lowest BCUT2D eigenvalue weighted by atomic mass is 9.92. The minimum atomic E-state index is -2.71. The van der Waals surface area contributed by atoms with Gasteiger partial charge in [-0.05, 0) is 31.6 Å². The molecule has 6 N–H and O–H groups in total. The molecule has 1 rings (SSSR count). The summed E-state index contributed by atoms with van der Waals surface area (Å²) in [6.07, 6.45) is 9.09. The molecular formula is C14H31N3O3Si. The van der Waals surface area contributed by atoms with Crippen LogP contribution in [0.15, 0.2) is 12.2 Å². The predicted octanol–water partition coefficient (Wildman–Crippen LogP) is 0.598. The van der Waals surface area contributed by atoms with Crippen LogP contribution in [0, 0.1) is 5.92 Å². The highest BCUT2D eigenvalue weighted by atomic mass is 28.4. The summed E-state index contributed by atoms with van der Waals surface area (Å²) < 4.78 is 17.7. The molecule has 124 valence electrons. The molecule has 7 heteroatoms. The molecule has 1 aliphatic rings. The van der Waals surface area contributed by atoms with Crippen molar-refractivity contribution in [1.29, 1.82) is 0 Å². The normalized spacial score (nSPS) is 19.1. The van der Waals surface area contributed by atoms with Gasteiger partial charge in [-0.3, -0.25) is 0 Å². The van der Waals surface area contributed by atoms with Crippen LogP contribution in [-0.4, -0.2) is 48.3 Å². The molecule has 0 aromatic carbocycles.